The molecule has 1 aliphatic heterocycles. The molecule has 2 atom stereocenters. The summed E-state index contributed by atoms with van der Waals surface area (Å²) in [6.07, 6.45) is 9.86. The van der Waals surface area contributed by atoms with Gasteiger partial charge in [0.2, 0.25) is 0 Å². The van der Waals surface area contributed by atoms with Crippen LogP contribution in [-0.2, 0) is 0 Å². The molecule has 1 heterocycles. The van der Waals surface area contributed by atoms with Crippen molar-refractivity contribution >= 4 is 5.96 Å². The van der Waals surface area contributed by atoms with E-state index < -0.39 is 0 Å². The highest BCUT2D eigenvalue weighted by Gasteiger charge is 2.18. The standard InChI is InChI=1S/C22H45N5/c1-5-26-13-15-27(16-14-26)18-19(2)17-24-22(23-4)25-20(3)11-12-21-9-7-6-8-10-21/h19-21H,5-18H2,1-4H3,(H2,23,24,25). The maximum absolute atomic E-state index is 4.44. The van der Waals surface area contributed by atoms with Gasteiger partial charge in [-0.3, -0.25) is 4.99 Å². The number of nitrogens with one attached hydrogen (secondary N) is 2. The lowest BCUT2D eigenvalue weighted by atomic mass is 9.85. The molecule has 1 saturated carbocycles. The first-order chi connectivity index (χ1) is 13.1. The monoisotopic (exact) mass is 379 g/mol. The normalized spacial score (nSPS) is 23.2. The van der Waals surface area contributed by atoms with Gasteiger partial charge in [0.05, 0.1) is 0 Å². The van der Waals surface area contributed by atoms with Crippen molar-refractivity contribution in [3.8, 4) is 0 Å². The molecule has 0 aromatic carbocycles. The molecule has 0 amide bonds. The van der Waals surface area contributed by atoms with Crippen LogP contribution in [0.2, 0.25) is 0 Å². The van der Waals surface area contributed by atoms with Gasteiger partial charge in [-0.15, -0.1) is 0 Å². The van der Waals surface area contributed by atoms with Gasteiger partial charge in [-0.2, -0.15) is 0 Å². The summed E-state index contributed by atoms with van der Waals surface area (Å²) in [4.78, 5) is 9.59. The number of hydrogen-bond acceptors (Lipinski definition) is 3. The van der Waals surface area contributed by atoms with E-state index >= 15 is 0 Å². The third-order valence-corrected chi connectivity index (χ3v) is 6.44. The zero-order valence-corrected chi connectivity index (χ0v) is 18.5. The van der Waals surface area contributed by atoms with Crippen molar-refractivity contribution in [1.29, 1.82) is 0 Å². The average Bonchev–Trinajstić information content (AvgIpc) is 2.71. The van der Waals surface area contributed by atoms with E-state index in [0.717, 1.165) is 18.4 Å². The van der Waals surface area contributed by atoms with Gasteiger partial charge in [0.15, 0.2) is 5.96 Å². The Morgan fingerprint density at radius 2 is 1.70 bits per heavy atom. The highest BCUT2D eigenvalue weighted by molar-refractivity contribution is 5.79. The lowest BCUT2D eigenvalue weighted by Gasteiger charge is -2.35. The first-order valence-corrected chi connectivity index (χ1v) is 11.5. The fourth-order valence-corrected chi connectivity index (χ4v) is 4.53. The van der Waals surface area contributed by atoms with Gasteiger partial charge < -0.3 is 20.4 Å². The molecule has 2 fully saturated rings. The van der Waals surface area contributed by atoms with Crippen LogP contribution in [0.25, 0.3) is 0 Å². The van der Waals surface area contributed by atoms with E-state index in [1.807, 2.05) is 7.05 Å². The van der Waals surface area contributed by atoms with E-state index in [0.29, 0.717) is 12.0 Å². The number of guanidine groups is 1. The Balaban J connectivity index is 1.59. The molecule has 0 spiro atoms. The molecule has 2 N–H and O–H groups in total. The molecular weight excluding hydrogens is 334 g/mol. The van der Waals surface area contributed by atoms with E-state index in [4.69, 9.17) is 0 Å². The smallest absolute Gasteiger partial charge is 0.191 e. The van der Waals surface area contributed by atoms with Crippen LogP contribution >= 0.6 is 0 Å². The summed E-state index contributed by atoms with van der Waals surface area (Å²) in [5, 5.41) is 7.15. The largest absolute Gasteiger partial charge is 0.356 e. The number of piperazine rings is 1. The van der Waals surface area contributed by atoms with Crippen LogP contribution < -0.4 is 10.6 Å². The van der Waals surface area contributed by atoms with Crippen molar-refractivity contribution in [3.63, 3.8) is 0 Å². The molecule has 0 radical (unpaired) electrons. The van der Waals surface area contributed by atoms with E-state index in [2.05, 4.69) is 46.2 Å². The summed E-state index contributed by atoms with van der Waals surface area (Å²) >= 11 is 0. The molecule has 2 aliphatic rings. The van der Waals surface area contributed by atoms with Crippen molar-refractivity contribution in [2.75, 3.05) is 52.9 Å². The minimum absolute atomic E-state index is 0.496. The Bertz CT molecular complexity index is 411. The third kappa shape index (κ3) is 8.82. The molecular formula is C22H45N5. The van der Waals surface area contributed by atoms with Gasteiger partial charge in [0.1, 0.15) is 0 Å². The minimum atomic E-state index is 0.496. The summed E-state index contributed by atoms with van der Waals surface area (Å²) in [6, 6.07) is 0.496. The molecule has 2 rings (SSSR count). The highest BCUT2D eigenvalue weighted by Crippen LogP contribution is 2.27. The Hall–Kier alpha value is -0.810. The van der Waals surface area contributed by atoms with E-state index in [1.54, 1.807) is 0 Å². The fraction of sp³-hybridized carbons (Fsp3) is 0.955. The van der Waals surface area contributed by atoms with Crippen LogP contribution in [0.4, 0.5) is 0 Å². The quantitative estimate of drug-likeness (QED) is 0.477. The lowest BCUT2D eigenvalue weighted by Crippen LogP contribution is -2.49. The Morgan fingerprint density at radius 3 is 2.33 bits per heavy atom. The van der Waals surface area contributed by atoms with E-state index in [-0.39, 0.29) is 0 Å². The van der Waals surface area contributed by atoms with Crippen molar-refractivity contribution < 1.29 is 0 Å². The highest BCUT2D eigenvalue weighted by atomic mass is 15.3. The van der Waals surface area contributed by atoms with Gasteiger partial charge >= 0.3 is 0 Å². The first-order valence-electron chi connectivity index (χ1n) is 11.5. The molecule has 158 valence electrons. The molecule has 0 aromatic heterocycles. The van der Waals surface area contributed by atoms with E-state index in [9.17, 15) is 0 Å². The topological polar surface area (TPSA) is 42.9 Å². The Labute approximate surface area is 168 Å². The van der Waals surface area contributed by atoms with Gasteiger partial charge in [-0.1, -0.05) is 46.0 Å². The SMILES string of the molecule is CCN1CCN(CC(C)CNC(=NC)NC(C)CCC2CCCCC2)CC1. The van der Waals surface area contributed by atoms with Crippen LogP contribution in [0.3, 0.4) is 0 Å². The average molecular weight is 380 g/mol. The summed E-state index contributed by atoms with van der Waals surface area (Å²) in [5.41, 5.74) is 0. The van der Waals surface area contributed by atoms with Crippen LogP contribution in [0.15, 0.2) is 4.99 Å². The molecule has 5 heteroatoms. The van der Waals surface area contributed by atoms with Gasteiger partial charge in [0, 0.05) is 52.4 Å². The summed E-state index contributed by atoms with van der Waals surface area (Å²) in [6.45, 7) is 15.1. The summed E-state index contributed by atoms with van der Waals surface area (Å²) < 4.78 is 0. The third-order valence-electron chi connectivity index (χ3n) is 6.44. The molecule has 1 aliphatic carbocycles. The Morgan fingerprint density at radius 1 is 1.04 bits per heavy atom. The lowest BCUT2D eigenvalue weighted by molar-refractivity contribution is 0.124. The molecule has 0 aromatic rings. The van der Waals surface area contributed by atoms with Crippen LogP contribution in [0, 0.1) is 11.8 Å². The second-order valence-electron chi connectivity index (χ2n) is 8.92. The fourth-order valence-electron chi connectivity index (χ4n) is 4.53. The molecule has 27 heavy (non-hydrogen) atoms. The predicted molar refractivity (Wildman–Crippen MR) is 117 cm³/mol. The van der Waals surface area contributed by atoms with Crippen molar-refractivity contribution in [2.24, 2.45) is 16.8 Å². The summed E-state index contributed by atoms with van der Waals surface area (Å²) in [5.74, 6) is 2.56. The first kappa shape index (κ1) is 22.5. The Kier molecular flexibility index (Phi) is 10.5. The van der Waals surface area contributed by atoms with Crippen LogP contribution in [0.1, 0.15) is 65.7 Å². The van der Waals surface area contributed by atoms with Gasteiger partial charge in [-0.05, 0) is 38.1 Å². The number of nitrogens with zero attached hydrogens (tertiary/aromatic N) is 3. The van der Waals surface area contributed by atoms with Gasteiger partial charge in [0.25, 0.3) is 0 Å². The van der Waals surface area contributed by atoms with Crippen molar-refractivity contribution in [3.05, 3.63) is 0 Å². The number of aliphatic imine (C=N–C) groups is 1. The molecule has 0 bridgehead atoms. The number of hydrogen-bond donors (Lipinski definition) is 2. The van der Waals surface area contributed by atoms with Gasteiger partial charge in [-0.25, -0.2) is 0 Å². The zero-order chi connectivity index (χ0) is 19.5. The van der Waals surface area contributed by atoms with Crippen molar-refractivity contribution in [2.45, 2.75) is 71.8 Å². The second kappa shape index (κ2) is 12.6. The summed E-state index contributed by atoms with van der Waals surface area (Å²) in [7, 11) is 1.89. The van der Waals surface area contributed by atoms with Crippen LogP contribution in [0.5, 0.6) is 0 Å². The number of rotatable bonds is 9. The van der Waals surface area contributed by atoms with Crippen LogP contribution in [-0.4, -0.2) is 74.7 Å². The predicted octanol–water partition coefficient (Wildman–Crippen LogP) is 3.17. The maximum Gasteiger partial charge on any atom is 0.191 e. The molecule has 5 nitrogen and oxygen atoms in total. The zero-order valence-electron chi connectivity index (χ0n) is 18.5. The number of likely N-dealkylation sites (N-methyl/N-ethyl adjacent to an activating group) is 1. The molecule has 2 unspecified atom stereocenters. The van der Waals surface area contributed by atoms with E-state index in [1.165, 1.54) is 84.2 Å². The maximum atomic E-state index is 4.44. The second-order valence-corrected chi connectivity index (χ2v) is 8.92. The van der Waals surface area contributed by atoms with Crippen molar-refractivity contribution in [1.82, 2.24) is 20.4 Å². The molecule has 1 saturated heterocycles. The minimum Gasteiger partial charge on any atom is -0.356 e.